The predicted octanol–water partition coefficient (Wildman–Crippen LogP) is 4.59. The molecule has 0 bridgehead atoms. The summed E-state index contributed by atoms with van der Waals surface area (Å²) < 4.78 is 5.37. The van der Waals surface area contributed by atoms with E-state index in [1.165, 1.54) is 10.5 Å². The van der Waals surface area contributed by atoms with E-state index in [2.05, 4.69) is 36.5 Å². The number of halogens is 2. The van der Waals surface area contributed by atoms with Gasteiger partial charge in [-0.05, 0) is 31.2 Å². The van der Waals surface area contributed by atoms with Crippen LogP contribution in [0.1, 0.15) is 5.56 Å². The molecule has 6 heteroatoms. The molecule has 0 unspecified atom stereocenters. The smallest absolute Gasteiger partial charge is 0.257 e. The van der Waals surface area contributed by atoms with Crippen molar-refractivity contribution in [1.29, 1.82) is 0 Å². The van der Waals surface area contributed by atoms with E-state index < -0.39 is 0 Å². The molecule has 3 nitrogen and oxygen atoms in total. The van der Waals surface area contributed by atoms with Crippen molar-refractivity contribution in [2.24, 2.45) is 0 Å². The van der Waals surface area contributed by atoms with Gasteiger partial charge in [0.25, 0.3) is 5.91 Å². The van der Waals surface area contributed by atoms with Crippen molar-refractivity contribution in [2.75, 3.05) is 18.9 Å². The van der Waals surface area contributed by atoms with E-state index in [0.29, 0.717) is 22.3 Å². The van der Waals surface area contributed by atoms with Gasteiger partial charge < -0.3 is 10.1 Å². The minimum atomic E-state index is -0.189. The van der Waals surface area contributed by atoms with Crippen LogP contribution in [0.3, 0.4) is 0 Å². The highest BCUT2D eigenvalue weighted by atomic mass is 35.5. The van der Waals surface area contributed by atoms with Crippen LogP contribution in [0.5, 0.6) is 5.75 Å². The maximum atomic E-state index is 11.7. The van der Waals surface area contributed by atoms with E-state index in [0.717, 1.165) is 5.75 Å². The lowest BCUT2D eigenvalue weighted by molar-refractivity contribution is -0.122. The predicted molar refractivity (Wildman–Crippen MR) is 96.9 cm³/mol. The van der Waals surface area contributed by atoms with Crippen LogP contribution >= 0.6 is 35.0 Å². The number of ether oxygens (including phenoxy) is 1. The standard InChI is InChI=1S/C17H17Cl2NO2S/c1-12-5-7-13(8-6-12)23-10-9-20-16(21)11-22-15-4-2-3-14(18)17(15)19/h2-8H,9-11H2,1H3,(H,20,21). The fourth-order valence-electron chi connectivity index (χ4n) is 1.78. The number of hydrogen-bond donors (Lipinski definition) is 1. The number of thioether (sulfide) groups is 1. The second-order valence-corrected chi connectivity index (χ2v) is 6.81. The molecule has 0 saturated heterocycles. The fraction of sp³-hybridized carbons (Fsp3) is 0.235. The van der Waals surface area contributed by atoms with Gasteiger partial charge in [-0.1, -0.05) is 47.0 Å². The maximum Gasteiger partial charge on any atom is 0.257 e. The number of hydrogen-bond acceptors (Lipinski definition) is 3. The summed E-state index contributed by atoms with van der Waals surface area (Å²) in [5, 5.41) is 3.53. The van der Waals surface area contributed by atoms with E-state index in [4.69, 9.17) is 27.9 Å². The van der Waals surface area contributed by atoms with Gasteiger partial charge in [-0.25, -0.2) is 0 Å². The summed E-state index contributed by atoms with van der Waals surface area (Å²) in [6.45, 7) is 2.54. The van der Waals surface area contributed by atoms with E-state index in [-0.39, 0.29) is 12.5 Å². The molecule has 23 heavy (non-hydrogen) atoms. The molecule has 1 amide bonds. The average molecular weight is 370 g/mol. The Bertz CT molecular complexity index is 662. The summed E-state index contributed by atoms with van der Waals surface area (Å²) in [6.07, 6.45) is 0. The zero-order valence-corrected chi connectivity index (χ0v) is 15.0. The van der Waals surface area contributed by atoms with Crippen molar-refractivity contribution in [3.63, 3.8) is 0 Å². The van der Waals surface area contributed by atoms with Gasteiger partial charge in [-0.15, -0.1) is 11.8 Å². The minimum Gasteiger partial charge on any atom is -0.482 e. The highest BCUT2D eigenvalue weighted by Gasteiger charge is 2.08. The number of carbonyl (C=O) groups excluding carboxylic acids is 1. The van der Waals surface area contributed by atoms with Crippen LogP contribution in [0, 0.1) is 6.92 Å². The van der Waals surface area contributed by atoms with Crippen LogP contribution in [0.15, 0.2) is 47.4 Å². The third kappa shape index (κ3) is 5.98. The number of aryl methyl sites for hydroxylation is 1. The second-order valence-electron chi connectivity index (χ2n) is 4.85. The molecule has 0 radical (unpaired) electrons. The van der Waals surface area contributed by atoms with E-state index >= 15 is 0 Å². The molecule has 0 spiro atoms. The van der Waals surface area contributed by atoms with Crippen molar-refractivity contribution in [1.82, 2.24) is 5.32 Å². The SMILES string of the molecule is Cc1ccc(SCCNC(=O)COc2cccc(Cl)c2Cl)cc1. The van der Waals surface area contributed by atoms with Crippen molar-refractivity contribution < 1.29 is 9.53 Å². The van der Waals surface area contributed by atoms with Crippen molar-refractivity contribution in [3.8, 4) is 5.75 Å². The molecule has 122 valence electrons. The van der Waals surface area contributed by atoms with Gasteiger partial charge in [0.05, 0.1) is 5.02 Å². The largest absolute Gasteiger partial charge is 0.482 e. The highest BCUT2D eigenvalue weighted by molar-refractivity contribution is 7.99. The monoisotopic (exact) mass is 369 g/mol. The summed E-state index contributed by atoms with van der Waals surface area (Å²) >= 11 is 13.6. The Kier molecular flexibility index (Phi) is 7.09. The Labute approximate surface area is 150 Å². The van der Waals surface area contributed by atoms with Gasteiger partial charge in [-0.3, -0.25) is 4.79 Å². The molecule has 2 aromatic rings. The molecule has 0 fully saturated rings. The second kappa shape index (κ2) is 9.06. The van der Waals surface area contributed by atoms with Gasteiger partial charge in [0.2, 0.25) is 0 Å². The first kappa shape index (κ1) is 18.0. The van der Waals surface area contributed by atoms with Crippen LogP contribution in [-0.4, -0.2) is 24.8 Å². The van der Waals surface area contributed by atoms with Gasteiger partial charge in [-0.2, -0.15) is 0 Å². The van der Waals surface area contributed by atoms with E-state index in [1.54, 1.807) is 30.0 Å². The van der Waals surface area contributed by atoms with Gasteiger partial charge in [0.15, 0.2) is 6.61 Å². The highest BCUT2D eigenvalue weighted by Crippen LogP contribution is 2.31. The topological polar surface area (TPSA) is 38.3 Å². The average Bonchev–Trinajstić information content (AvgIpc) is 2.54. The molecule has 0 atom stereocenters. The zero-order chi connectivity index (χ0) is 16.7. The summed E-state index contributed by atoms with van der Waals surface area (Å²) in [5.74, 6) is 1.01. The summed E-state index contributed by atoms with van der Waals surface area (Å²) in [6, 6.07) is 13.4. The molecule has 0 aliphatic rings. The normalized spacial score (nSPS) is 10.4. The van der Waals surface area contributed by atoms with Crippen LogP contribution in [-0.2, 0) is 4.79 Å². The molecule has 0 aliphatic carbocycles. The number of benzene rings is 2. The molecule has 0 aliphatic heterocycles. The van der Waals surface area contributed by atoms with Gasteiger partial charge >= 0.3 is 0 Å². The van der Waals surface area contributed by atoms with Gasteiger partial charge in [0, 0.05) is 17.2 Å². The summed E-state index contributed by atoms with van der Waals surface area (Å²) in [7, 11) is 0. The van der Waals surface area contributed by atoms with Crippen molar-refractivity contribution in [3.05, 3.63) is 58.1 Å². The third-order valence-electron chi connectivity index (χ3n) is 2.99. The third-order valence-corrected chi connectivity index (χ3v) is 4.80. The molecule has 0 saturated carbocycles. The van der Waals surface area contributed by atoms with Crippen LogP contribution < -0.4 is 10.1 Å². The quantitative estimate of drug-likeness (QED) is 0.572. The van der Waals surface area contributed by atoms with Gasteiger partial charge in [0.1, 0.15) is 10.8 Å². The minimum absolute atomic E-state index is 0.0880. The fourth-order valence-corrected chi connectivity index (χ4v) is 2.90. The molecule has 2 rings (SSSR count). The Balaban J connectivity index is 1.67. The number of amides is 1. The Morgan fingerprint density at radius 1 is 1.17 bits per heavy atom. The maximum absolute atomic E-state index is 11.7. The Hall–Kier alpha value is -1.36. The van der Waals surface area contributed by atoms with E-state index in [9.17, 15) is 4.79 Å². The molecular weight excluding hydrogens is 353 g/mol. The van der Waals surface area contributed by atoms with Crippen molar-refractivity contribution in [2.45, 2.75) is 11.8 Å². The lowest BCUT2D eigenvalue weighted by Gasteiger charge is -2.09. The number of rotatable bonds is 7. The molecule has 0 aromatic heterocycles. The van der Waals surface area contributed by atoms with Crippen LogP contribution in [0.25, 0.3) is 0 Å². The first-order valence-corrected chi connectivity index (χ1v) is 8.83. The number of nitrogens with one attached hydrogen (secondary N) is 1. The van der Waals surface area contributed by atoms with Crippen LogP contribution in [0.4, 0.5) is 0 Å². The molecule has 1 N–H and O–H groups in total. The Morgan fingerprint density at radius 3 is 2.65 bits per heavy atom. The first-order chi connectivity index (χ1) is 11.1. The van der Waals surface area contributed by atoms with Crippen LogP contribution in [0.2, 0.25) is 10.0 Å². The summed E-state index contributed by atoms with van der Waals surface area (Å²) in [4.78, 5) is 12.9. The first-order valence-electron chi connectivity index (χ1n) is 7.09. The molecule has 2 aromatic carbocycles. The van der Waals surface area contributed by atoms with Crippen molar-refractivity contribution >= 4 is 40.9 Å². The Morgan fingerprint density at radius 2 is 1.91 bits per heavy atom. The molecular formula is C17H17Cl2NO2S. The lowest BCUT2D eigenvalue weighted by atomic mass is 10.2. The lowest BCUT2D eigenvalue weighted by Crippen LogP contribution is -2.30. The zero-order valence-electron chi connectivity index (χ0n) is 12.6. The summed E-state index contributed by atoms with van der Waals surface area (Å²) in [5.41, 5.74) is 1.24. The van der Waals surface area contributed by atoms with E-state index in [1.807, 2.05) is 0 Å². The molecule has 0 heterocycles. The number of carbonyl (C=O) groups is 1.